The van der Waals surface area contributed by atoms with E-state index in [0.717, 1.165) is 0 Å². The third-order valence-electron chi connectivity index (χ3n) is 2.71. The predicted molar refractivity (Wildman–Crippen MR) is 63.5 cm³/mol. The fourth-order valence-electron chi connectivity index (χ4n) is 1.76. The van der Waals surface area contributed by atoms with Crippen LogP contribution >= 0.6 is 0 Å². The zero-order chi connectivity index (χ0) is 12.6. The van der Waals surface area contributed by atoms with Crippen LogP contribution in [-0.4, -0.2) is 18.6 Å². The summed E-state index contributed by atoms with van der Waals surface area (Å²) < 4.78 is 18.5. The van der Waals surface area contributed by atoms with Gasteiger partial charge in [-0.25, -0.2) is 4.39 Å². The summed E-state index contributed by atoms with van der Waals surface area (Å²) in [5, 5.41) is 0. The van der Waals surface area contributed by atoms with Gasteiger partial charge in [0.05, 0.1) is 17.4 Å². The van der Waals surface area contributed by atoms with Crippen LogP contribution < -0.4 is 15.4 Å². The lowest BCUT2D eigenvalue weighted by Gasteiger charge is -2.32. The van der Waals surface area contributed by atoms with E-state index in [0.29, 0.717) is 11.4 Å². The number of ether oxygens (including phenoxy) is 1. The number of nitrogens with zero attached hydrogens (tertiary/aromatic N) is 1. The Morgan fingerprint density at radius 2 is 2.35 bits per heavy atom. The first kappa shape index (κ1) is 11.4. The van der Waals surface area contributed by atoms with Gasteiger partial charge in [0, 0.05) is 6.07 Å². The van der Waals surface area contributed by atoms with Gasteiger partial charge in [0.1, 0.15) is 11.6 Å². The molecule has 1 unspecified atom stereocenters. The van der Waals surface area contributed by atoms with Crippen LogP contribution in [0.5, 0.6) is 5.75 Å². The highest BCUT2D eigenvalue weighted by Crippen LogP contribution is 2.36. The molecule has 1 amide bonds. The minimum atomic E-state index is -0.552. The number of anilines is 2. The smallest absolute Gasteiger partial charge is 0.265 e. The van der Waals surface area contributed by atoms with E-state index >= 15 is 0 Å². The Labute approximate surface area is 98.5 Å². The van der Waals surface area contributed by atoms with Crippen LogP contribution in [0.15, 0.2) is 24.8 Å². The number of carbonyl (C=O) groups excluding carboxylic acids is 1. The number of benzene rings is 1. The molecule has 0 saturated heterocycles. The van der Waals surface area contributed by atoms with Crippen molar-refractivity contribution in [2.24, 2.45) is 0 Å². The minimum Gasteiger partial charge on any atom is -0.481 e. The molecule has 0 bridgehead atoms. The first-order chi connectivity index (χ1) is 8.04. The van der Waals surface area contributed by atoms with Gasteiger partial charge < -0.3 is 10.5 Å². The summed E-state index contributed by atoms with van der Waals surface area (Å²) in [5.74, 6) is -0.426. The molecule has 0 spiro atoms. The van der Waals surface area contributed by atoms with Crippen LogP contribution in [0.2, 0.25) is 0 Å². The van der Waals surface area contributed by atoms with Crippen molar-refractivity contribution < 1.29 is 13.9 Å². The monoisotopic (exact) mass is 236 g/mol. The SMILES string of the molecule is C=CC(C)N1C(=O)COc2cc(F)c(N)cc21. The molecule has 0 aliphatic carbocycles. The number of hydrogen-bond donors (Lipinski definition) is 1. The van der Waals surface area contributed by atoms with Crippen molar-refractivity contribution in [3.05, 3.63) is 30.6 Å². The fraction of sp³-hybridized carbons (Fsp3) is 0.250. The Bertz CT molecular complexity index is 488. The van der Waals surface area contributed by atoms with Gasteiger partial charge in [-0.2, -0.15) is 0 Å². The van der Waals surface area contributed by atoms with Crippen LogP contribution in [0, 0.1) is 5.82 Å². The van der Waals surface area contributed by atoms with Gasteiger partial charge in [-0.1, -0.05) is 6.08 Å². The molecule has 1 aromatic carbocycles. The number of rotatable bonds is 2. The summed E-state index contributed by atoms with van der Waals surface area (Å²) in [6.07, 6.45) is 1.63. The lowest BCUT2D eigenvalue weighted by molar-refractivity contribution is -0.121. The number of carbonyl (C=O) groups is 1. The number of amides is 1. The van der Waals surface area contributed by atoms with E-state index in [9.17, 15) is 9.18 Å². The van der Waals surface area contributed by atoms with Crippen molar-refractivity contribution in [3.63, 3.8) is 0 Å². The second-order valence-electron chi connectivity index (χ2n) is 3.87. The highest BCUT2D eigenvalue weighted by molar-refractivity contribution is 5.99. The Balaban J connectivity index is 2.54. The van der Waals surface area contributed by atoms with Gasteiger partial charge in [0.25, 0.3) is 5.91 Å². The predicted octanol–water partition coefficient (Wildman–Crippen LogP) is 1.71. The second-order valence-corrected chi connectivity index (χ2v) is 3.87. The number of nitrogens with two attached hydrogens (primary N) is 1. The summed E-state index contributed by atoms with van der Waals surface area (Å²) in [5.41, 5.74) is 5.97. The van der Waals surface area contributed by atoms with Gasteiger partial charge in [-0.05, 0) is 13.0 Å². The quantitative estimate of drug-likeness (QED) is 0.628. The lowest BCUT2D eigenvalue weighted by Crippen LogP contribution is -2.43. The van der Waals surface area contributed by atoms with Gasteiger partial charge >= 0.3 is 0 Å². The summed E-state index contributed by atoms with van der Waals surface area (Å²) in [4.78, 5) is 13.3. The maximum Gasteiger partial charge on any atom is 0.265 e. The topological polar surface area (TPSA) is 55.6 Å². The van der Waals surface area contributed by atoms with E-state index in [1.165, 1.54) is 17.0 Å². The molecule has 5 heteroatoms. The molecule has 17 heavy (non-hydrogen) atoms. The largest absolute Gasteiger partial charge is 0.481 e. The highest BCUT2D eigenvalue weighted by atomic mass is 19.1. The zero-order valence-electron chi connectivity index (χ0n) is 9.44. The zero-order valence-corrected chi connectivity index (χ0v) is 9.44. The van der Waals surface area contributed by atoms with Gasteiger partial charge in [0.2, 0.25) is 0 Å². The molecule has 1 aliphatic heterocycles. The number of hydrogen-bond acceptors (Lipinski definition) is 3. The molecule has 0 saturated carbocycles. The van der Waals surface area contributed by atoms with Crippen molar-refractivity contribution in [1.29, 1.82) is 0 Å². The first-order valence-corrected chi connectivity index (χ1v) is 5.21. The molecule has 0 radical (unpaired) electrons. The molecular formula is C12H13FN2O2. The molecular weight excluding hydrogens is 223 g/mol. The van der Waals surface area contributed by atoms with Crippen LogP contribution in [0.1, 0.15) is 6.92 Å². The van der Waals surface area contributed by atoms with Crippen LogP contribution in [-0.2, 0) is 4.79 Å². The molecule has 90 valence electrons. The summed E-state index contributed by atoms with van der Waals surface area (Å²) in [6, 6.07) is 2.40. The fourth-order valence-corrected chi connectivity index (χ4v) is 1.76. The summed E-state index contributed by atoms with van der Waals surface area (Å²) in [7, 11) is 0. The molecule has 2 rings (SSSR count). The average molecular weight is 236 g/mol. The third-order valence-corrected chi connectivity index (χ3v) is 2.71. The van der Waals surface area contributed by atoms with E-state index in [2.05, 4.69) is 6.58 Å². The van der Waals surface area contributed by atoms with Crippen molar-refractivity contribution in [2.45, 2.75) is 13.0 Å². The Morgan fingerprint density at radius 1 is 1.65 bits per heavy atom. The first-order valence-electron chi connectivity index (χ1n) is 5.21. The van der Waals surface area contributed by atoms with Gasteiger partial charge in [0.15, 0.2) is 6.61 Å². The van der Waals surface area contributed by atoms with Crippen molar-refractivity contribution in [2.75, 3.05) is 17.2 Å². The van der Waals surface area contributed by atoms with E-state index < -0.39 is 5.82 Å². The van der Waals surface area contributed by atoms with Crippen molar-refractivity contribution in [1.82, 2.24) is 0 Å². The average Bonchev–Trinajstić information content (AvgIpc) is 2.30. The Morgan fingerprint density at radius 3 is 3.00 bits per heavy atom. The normalized spacial score (nSPS) is 16.1. The molecule has 0 aromatic heterocycles. The molecule has 1 heterocycles. The molecule has 1 atom stereocenters. The van der Waals surface area contributed by atoms with Crippen molar-refractivity contribution >= 4 is 17.3 Å². The maximum atomic E-state index is 13.3. The standard InChI is InChI=1S/C12H13FN2O2/c1-3-7(2)15-10-5-9(14)8(13)4-11(10)17-6-12(15)16/h3-5,7H,1,6,14H2,2H3. The van der Waals surface area contributed by atoms with Gasteiger partial charge in [-0.15, -0.1) is 6.58 Å². The molecule has 2 N–H and O–H groups in total. The number of halogens is 1. The third kappa shape index (κ3) is 1.84. The Kier molecular flexibility index (Phi) is 2.75. The molecule has 4 nitrogen and oxygen atoms in total. The maximum absolute atomic E-state index is 13.3. The van der Waals surface area contributed by atoms with Crippen LogP contribution in [0.4, 0.5) is 15.8 Å². The lowest BCUT2D eigenvalue weighted by atomic mass is 10.1. The Hall–Kier alpha value is -2.04. The van der Waals surface area contributed by atoms with Crippen LogP contribution in [0.25, 0.3) is 0 Å². The van der Waals surface area contributed by atoms with E-state index in [1.807, 2.05) is 6.92 Å². The second kappa shape index (κ2) is 4.08. The number of nitrogen functional groups attached to an aromatic ring is 1. The molecule has 0 fully saturated rings. The van der Waals surface area contributed by atoms with Gasteiger partial charge in [-0.3, -0.25) is 9.69 Å². The molecule has 1 aromatic rings. The molecule has 1 aliphatic rings. The van der Waals surface area contributed by atoms with E-state index in [4.69, 9.17) is 10.5 Å². The summed E-state index contributed by atoms with van der Waals surface area (Å²) >= 11 is 0. The minimum absolute atomic E-state index is 0.0108. The van der Waals surface area contributed by atoms with E-state index in [-0.39, 0.29) is 24.2 Å². The van der Waals surface area contributed by atoms with E-state index in [1.54, 1.807) is 6.08 Å². The summed E-state index contributed by atoms with van der Waals surface area (Å²) in [6.45, 7) is 5.36. The van der Waals surface area contributed by atoms with Crippen molar-refractivity contribution in [3.8, 4) is 5.75 Å². The highest BCUT2D eigenvalue weighted by Gasteiger charge is 2.29. The number of fused-ring (bicyclic) bond motifs is 1. The van der Waals surface area contributed by atoms with Crippen LogP contribution in [0.3, 0.4) is 0 Å².